The highest BCUT2D eigenvalue weighted by Gasteiger charge is 2.23. The van der Waals surface area contributed by atoms with Crippen LogP contribution in [0, 0.1) is 10.1 Å². The average Bonchev–Trinajstić information content (AvgIpc) is 2.61. The third-order valence-electron chi connectivity index (χ3n) is 3.35. The van der Waals surface area contributed by atoms with Crippen molar-refractivity contribution in [1.82, 2.24) is 0 Å². The maximum atomic E-state index is 12.5. The van der Waals surface area contributed by atoms with Crippen molar-refractivity contribution >= 4 is 11.7 Å². The first-order valence-electron chi connectivity index (χ1n) is 7.03. The fourth-order valence-corrected chi connectivity index (χ4v) is 2.25. The van der Waals surface area contributed by atoms with Crippen LogP contribution < -0.4 is 18.9 Å². The largest absolute Gasteiger partial charge is 0.493 e. The van der Waals surface area contributed by atoms with Crippen LogP contribution in [0.25, 0.3) is 0 Å². The minimum atomic E-state index is -0.726. The van der Waals surface area contributed by atoms with E-state index < -0.39 is 10.9 Å². The molecule has 0 spiro atoms. The molecule has 2 aromatic rings. The van der Waals surface area contributed by atoms with Gasteiger partial charge in [0.25, 0.3) is 5.69 Å². The van der Waals surface area contributed by atoms with Crippen LogP contribution in [0.2, 0.25) is 0 Å². The van der Waals surface area contributed by atoms with Crippen molar-refractivity contribution in [3.63, 3.8) is 0 Å². The van der Waals surface area contributed by atoms with Crippen LogP contribution in [-0.2, 0) is 0 Å². The lowest BCUT2D eigenvalue weighted by molar-refractivity contribution is -0.384. The summed E-state index contributed by atoms with van der Waals surface area (Å²) in [5, 5.41) is 10.9. The molecule has 8 nitrogen and oxygen atoms in total. The van der Waals surface area contributed by atoms with Crippen molar-refractivity contribution in [3.8, 4) is 23.0 Å². The molecule has 124 valence electrons. The smallest absolute Gasteiger partial charge is 0.347 e. The van der Waals surface area contributed by atoms with Gasteiger partial charge in [-0.3, -0.25) is 10.1 Å². The maximum Gasteiger partial charge on any atom is 0.347 e. The number of nitro benzene ring substituents is 1. The lowest BCUT2D eigenvalue weighted by Gasteiger charge is -2.20. The van der Waals surface area contributed by atoms with E-state index in [2.05, 4.69) is 0 Å². The summed E-state index contributed by atoms with van der Waals surface area (Å²) in [5.41, 5.74) is -0.0472. The fraction of sp³-hybridized carbons (Fsp3) is 0.188. The van der Waals surface area contributed by atoms with Crippen molar-refractivity contribution in [2.45, 2.75) is 0 Å². The van der Waals surface area contributed by atoms with Gasteiger partial charge in [0, 0.05) is 6.07 Å². The lowest BCUT2D eigenvalue weighted by Crippen LogP contribution is -2.19. The van der Waals surface area contributed by atoms with Gasteiger partial charge in [0.2, 0.25) is 0 Å². The van der Waals surface area contributed by atoms with Gasteiger partial charge in [-0.25, -0.2) is 4.79 Å². The molecule has 0 fully saturated rings. The quantitative estimate of drug-likeness (QED) is 0.367. The molecule has 0 aromatic heterocycles. The molecule has 0 atom stereocenters. The Morgan fingerprint density at radius 1 is 1.17 bits per heavy atom. The number of fused-ring (bicyclic) bond motifs is 1. The molecule has 1 heterocycles. The number of nitrogens with zero attached hydrogens (tertiary/aromatic N) is 1. The molecule has 3 rings (SSSR count). The number of rotatable bonds is 4. The second-order valence-corrected chi connectivity index (χ2v) is 4.81. The zero-order chi connectivity index (χ0) is 17.1. The molecule has 1 aliphatic heterocycles. The standard InChI is InChI=1S/C16H13NO7/c1-21-12-6-5-10(17(19)20)9-14(12)24-16(18)11-3-2-4-13-15(11)23-8-7-22-13/h2-6,9H,7-8H2,1H3. The number of ether oxygens (including phenoxy) is 4. The Kier molecular flexibility index (Phi) is 4.19. The van der Waals surface area contributed by atoms with Crippen molar-refractivity contribution < 1.29 is 28.7 Å². The van der Waals surface area contributed by atoms with Crippen LogP contribution >= 0.6 is 0 Å². The van der Waals surface area contributed by atoms with Crippen molar-refractivity contribution in [3.05, 3.63) is 52.1 Å². The van der Waals surface area contributed by atoms with Gasteiger partial charge in [-0.05, 0) is 18.2 Å². The van der Waals surface area contributed by atoms with E-state index in [0.29, 0.717) is 19.0 Å². The van der Waals surface area contributed by atoms with Crippen LogP contribution in [0.1, 0.15) is 10.4 Å². The normalized spacial score (nSPS) is 12.4. The number of para-hydroxylation sites is 1. The summed E-state index contributed by atoms with van der Waals surface area (Å²) < 4.78 is 21.2. The summed E-state index contributed by atoms with van der Waals surface area (Å²) in [6, 6.07) is 8.59. The number of carbonyl (C=O) groups is 1. The predicted molar refractivity (Wildman–Crippen MR) is 82.0 cm³/mol. The highest BCUT2D eigenvalue weighted by Crippen LogP contribution is 2.36. The Labute approximate surface area is 136 Å². The molecule has 8 heteroatoms. The Morgan fingerprint density at radius 3 is 2.71 bits per heavy atom. The van der Waals surface area contributed by atoms with Gasteiger partial charge in [-0.1, -0.05) is 6.07 Å². The molecular formula is C16H13NO7. The van der Waals surface area contributed by atoms with Crippen LogP contribution in [0.3, 0.4) is 0 Å². The van der Waals surface area contributed by atoms with Gasteiger partial charge in [-0.15, -0.1) is 0 Å². The highest BCUT2D eigenvalue weighted by atomic mass is 16.6. The van der Waals surface area contributed by atoms with Gasteiger partial charge < -0.3 is 18.9 Å². The minimum Gasteiger partial charge on any atom is -0.493 e. The van der Waals surface area contributed by atoms with Crippen LogP contribution in [0.4, 0.5) is 5.69 Å². The predicted octanol–water partition coefficient (Wildman–Crippen LogP) is 2.59. The molecule has 24 heavy (non-hydrogen) atoms. The number of hydrogen-bond acceptors (Lipinski definition) is 7. The second kappa shape index (κ2) is 6.45. The molecular weight excluding hydrogens is 318 g/mol. The molecule has 0 N–H and O–H groups in total. The number of methoxy groups -OCH3 is 1. The number of hydrogen-bond donors (Lipinski definition) is 0. The number of esters is 1. The molecule has 0 saturated carbocycles. The SMILES string of the molecule is COc1ccc([N+](=O)[O-])cc1OC(=O)c1cccc2c1OCCO2. The Bertz CT molecular complexity index is 803. The highest BCUT2D eigenvalue weighted by molar-refractivity contribution is 5.95. The summed E-state index contributed by atoms with van der Waals surface area (Å²) in [5.74, 6) is 0.165. The molecule has 0 aliphatic carbocycles. The topological polar surface area (TPSA) is 97.1 Å². The molecule has 0 radical (unpaired) electrons. The third kappa shape index (κ3) is 2.94. The summed E-state index contributed by atoms with van der Waals surface area (Å²) in [4.78, 5) is 22.8. The summed E-state index contributed by atoms with van der Waals surface area (Å²) in [6.45, 7) is 0.710. The average molecular weight is 331 g/mol. The molecule has 0 amide bonds. The first-order valence-corrected chi connectivity index (χ1v) is 7.03. The minimum absolute atomic E-state index is 0.0500. The third-order valence-corrected chi connectivity index (χ3v) is 3.35. The summed E-state index contributed by atoms with van der Waals surface area (Å²) in [6.07, 6.45) is 0. The molecule has 0 saturated heterocycles. The molecule has 0 bridgehead atoms. The fourth-order valence-electron chi connectivity index (χ4n) is 2.25. The summed E-state index contributed by atoms with van der Waals surface area (Å²) in [7, 11) is 1.37. The van der Waals surface area contributed by atoms with Gasteiger partial charge in [0.1, 0.15) is 18.8 Å². The van der Waals surface area contributed by atoms with E-state index in [1.54, 1.807) is 12.1 Å². The molecule has 2 aromatic carbocycles. The van der Waals surface area contributed by atoms with E-state index in [0.717, 1.165) is 6.07 Å². The molecule has 1 aliphatic rings. The van der Waals surface area contributed by atoms with Gasteiger partial charge in [-0.2, -0.15) is 0 Å². The monoisotopic (exact) mass is 331 g/mol. The van der Waals surface area contributed by atoms with Crippen LogP contribution in [0.5, 0.6) is 23.0 Å². The van der Waals surface area contributed by atoms with E-state index in [-0.39, 0.29) is 28.5 Å². The van der Waals surface area contributed by atoms with Crippen molar-refractivity contribution in [1.29, 1.82) is 0 Å². The van der Waals surface area contributed by atoms with E-state index in [4.69, 9.17) is 18.9 Å². The summed E-state index contributed by atoms with van der Waals surface area (Å²) >= 11 is 0. The maximum absolute atomic E-state index is 12.5. The van der Waals surface area contributed by atoms with Gasteiger partial charge in [0.15, 0.2) is 23.0 Å². The Hall–Kier alpha value is -3.29. The van der Waals surface area contributed by atoms with Crippen molar-refractivity contribution in [2.75, 3.05) is 20.3 Å². The van der Waals surface area contributed by atoms with Gasteiger partial charge >= 0.3 is 5.97 Å². The lowest BCUT2D eigenvalue weighted by atomic mass is 10.1. The van der Waals surface area contributed by atoms with E-state index in [1.165, 1.54) is 25.3 Å². The van der Waals surface area contributed by atoms with Crippen LogP contribution in [-0.4, -0.2) is 31.2 Å². The Morgan fingerprint density at radius 2 is 1.96 bits per heavy atom. The number of carbonyl (C=O) groups excluding carboxylic acids is 1. The molecule has 0 unspecified atom stereocenters. The second-order valence-electron chi connectivity index (χ2n) is 4.81. The van der Waals surface area contributed by atoms with Crippen LogP contribution in [0.15, 0.2) is 36.4 Å². The first-order chi connectivity index (χ1) is 11.6. The zero-order valence-electron chi connectivity index (χ0n) is 12.7. The van der Waals surface area contributed by atoms with E-state index in [9.17, 15) is 14.9 Å². The first kappa shape index (κ1) is 15.6. The number of nitro groups is 1. The van der Waals surface area contributed by atoms with E-state index in [1.807, 2.05) is 0 Å². The van der Waals surface area contributed by atoms with Crippen molar-refractivity contribution in [2.24, 2.45) is 0 Å². The number of non-ortho nitro benzene ring substituents is 1. The van der Waals surface area contributed by atoms with Gasteiger partial charge in [0.05, 0.1) is 18.1 Å². The van der Waals surface area contributed by atoms with E-state index >= 15 is 0 Å². The Balaban J connectivity index is 1.93. The zero-order valence-corrected chi connectivity index (χ0v) is 12.7. The number of benzene rings is 2.